The predicted octanol–water partition coefficient (Wildman–Crippen LogP) is 2.64. The molecule has 4 N–H and O–H groups in total. The molecule has 0 aliphatic heterocycles. The number of rotatable bonds is 6. The molecule has 7 nitrogen and oxygen atoms in total. The van der Waals surface area contributed by atoms with E-state index in [9.17, 15) is 24.9 Å². The highest BCUT2D eigenvalue weighted by Crippen LogP contribution is 2.66. The molecular weight excluding hydrogens is 434 g/mol. The number of aliphatic hydroxyl groups excluding tert-OH is 3. The summed E-state index contributed by atoms with van der Waals surface area (Å²) in [6, 6.07) is 0. The summed E-state index contributed by atoms with van der Waals surface area (Å²) >= 11 is 0. The Labute approximate surface area is 202 Å². The minimum absolute atomic E-state index is 0.00522. The molecule has 4 rings (SSSR count). The minimum atomic E-state index is -1.41. The second-order valence-corrected chi connectivity index (χ2v) is 11.6. The van der Waals surface area contributed by atoms with Gasteiger partial charge in [-0.25, -0.2) is 0 Å². The van der Waals surface area contributed by atoms with E-state index in [1.165, 1.54) is 12.5 Å². The molecule has 1 amide bonds. The van der Waals surface area contributed by atoms with Crippen LogP contribution in [-0.2, 0) is 14.3 Å². The number of esters is 1. The summed E-state index contributed by atoms with van der Waals surface area (Å²) in [5.74, 6) is 1.16. The molecule has 4 aliphatic carbocycles. The zero-order valence-electron chi connectivity index (χ0n) is 20.8. The van der Waals surface area contributed by atoms with E-state index in [1.54, 1.807) is 6.08 Å². The molecule has 0 aromatic heterocycles. The summed E-state index contributed by atoms with van der Waals surface area (Å²) in [5.41, 5.74) is 1.34. The Bertz CT molecular complexity index is 868. The molecule has 0 bridgehead atoms. The quantitative estimate of drug-likeness (QED) is 0.267. The van der Waals surface area contributed by atoms with E-state index in [1.807, 2.05) is 0 Å². The van der Waals surface area contributed by atoms with Crippen molar-refractivity contribution in [2.45, 2.75) is 83.8 Å². The lowest BCUT2D eigenvalue weighted by molar-refractivity contribution is -0.148. The molecule has 6 atom stereocenters. The van der Waals surface area contributed by atoms with Gasteiger partial charge in [-0.3, -0.25) is 9.59 Å². The molecule has 0 saturated heterocycles. The minimum Gasteiger partial charge on any atom is -0.462 e. The monoisotopic (exact) mass is 475 g/mol. The first kappa shape index (κ1) is 25.4. The lowest BCUT2D eigenvalue weighted by Gasteiger charge is -2.57. The first-order valence-electron chi connectivity index (χ1n) is 12.8. The second-order valence-electron chi connectivity index (χ2n) is 11.6. The van der Waals surface area contributed by atoms with Crippen LogP contribution < -0.4 is 5.32 Å². The van der Waals surface area contributed by atoms with Crippen LogP contribution >= 0.6 is 0 Å². The third-order valence-corrected chi connectivity index (χ3v) is 9.84. The standard InChI is InChI=1S/C27H41NO6/c1-17(32)34-20-8-10-25(2)18(12-20)4-6-21-22-7-5-19(26(22,3)11-9-23(21)25)13-24(33)28-27(14-29,15-30)16-31/h4,13,20-23,29-31H,5-12,14-16H2,1-3H3,(H,28,33)/b19-13-/t20-,21-,22-,23-,25-,26+/m0/s1. The Morgan fingerprint density at radius 2 is 1.74 bits per heavy atom. The maximum absolute atomic E-state index is 12.8. The van der Waals surface area contributed by atoms with Crippen molar-refractivity contribution in [3.63, 3.8) is 0 Å². The van der Waals surface area contributed by atoms with E-state index in [0.29, 0.717) is 17.8 Å². The van der Waals surface area contributed by atoms with Crippen molar-refractivity contribution in [2.24, 2.45) is 28.6 Å². The topological polar surface area (TPSA) is 116 Å². The van der Waals surface area contributed by atoms with Crippen molar-refractivity contribution in [3.05, 3.63) is 23.3 Å². The van der Waals surface area contributed by atoms with Crippen LogP contribution in [0.4, 0.5) is 0 Å². The van der Waals surface area contributed by atoms with Crippen molar-refractivity contribution < 1.29 is 29.6 Å². The Kier molecular flexibility index (Phi) is 7.02. The molecule has 0 spiro atoms. The third kappa shape index (κ3) is 4.24. The van der Waals surface area contributed by atoms with Crippen LogP contribution in [0.3, 0.4) is 0 Å². The zero-order chi connectivity index (χ0) is 24.7. The number of allylic oxidation sites excluding steroid dienone is 2. The predicted molar refractivity (Wildman–Crippen MR) is 127 cm³/mol. The average Bonchev–Trinajstić information content (AvgIpc) is 3.13. The highest BCUT2D eigenvalue weighted by Gasteiger charge is 2.57. The summed E-state index contributed by atoms with van der Waals surface area (Å²) in [7, 11) is 0. The van der Waals surface area contributed by atoms with Crippen LogP contribution in [-0.4, -0.2) is 58.7 Å². The summed E-state index contributed by atoms with van der Waals surface area (Å²) in [4.78, 5) is 24.2. The fourth-order valence-corrected chi connectivity index (χ4v) is 7.77. The molecule has 4 aliphatic rings. The number of carbonyl (C=O) groups excluding carboxylic acids is 2. The Morgan fingerprint density at radius 1 is 1.09 bits per heavy atom. The molecule has 3 saturated carbocycles. The Hall–Kier alpha value is -1.70. The van der Waals surface area contributed by atoms with Gasteiger partial charge in [-0.05, 0) is 73.5 Å². The third-order valence-electron chi connectivity index (χ3n) is 9.84. The smallest absolute Gasteiger partial charge is 0.302 e. The zero-order valence-corrected chi connectivity index (χ0v) is 20.8. The fourth-order valence-electron chi connectivity index (χ4n) is 7.77. The summed E-state index contributed by atoms with van der Waals surface area (Å²) < 4.78 is 5.54. The van der Waals surface area contributed by atoms with Crippen LogP contribution in [0.25, 0.3) is 0 Å². The van der Waals surface area contributed by atoms with Gasteiger partial charge in [0.05, 0.1) is 19.8 Å². The highest BCUT2D eigenvalue weighted by molar-refractivity contribution is 5.89. The van der Waals surface area contributed by atoms with Gasteiger partial charge in [0.1, 0.15) is 11.6 Å². The summed E-state index contributed by atoms with van der Waals surface area (Å²) in [6.07, 6.45) is 12.1. The second kappa shape index (κ2) is 9.40. The molecule has 3 fully saturated rings. The van der Waals surface area contributed by atoms with Gasteiger partial charge in [0.25, 0.3) is 0 Å². The van der Waals surface area contributed by atoms with E-state index in [2.05, 4.69) is 25.2 Å². The first-order valence-corrected chi connectivity index (χ1v) is 12.8. The number of fused-ring (bicyclic) bond motifs is 5. The van der Waals surface area contributed by atoms with E-state index < -0.39 is 25.4 Å². The molecule has 0 radical (unpaired) electrons. The van der Waals surface area contributed by atoms with E-state index >= 15 is 0 Å². The van der Waals surface area contributed by atoms with Gasteiger partial charge < -0.3 is 25.4 Å². The van der Waals surface area contributed by atoms with Gasteiger partial charge in [0.15, 0.2) is 0 Å². The number of ether oxygens (including phenoxy) is 1. The van der Waals surface area contributed by atoms with E-state index in [-0.39, 0.29) is 28.8 Å². The van der Waals surface area contributed by atoms with Crippen molar-refractivity contribution in [3.8, 4) is 0 Å². The first-order chi connectivity index (χ1) is 16.1. The lowest BCUT2D eigenvalue weighted by atomic mass is 9.48. The average molecular weight is 476 g/mol. The number of carbonyl (C=O) groups is 2. The number of hydrogen-bond acceptors (Lipinski definition) is 6. The van der Waals surface area contributed by atoms with Gasteiger partial charge in [0, 0.05) is 19.4 Å². The highest BCUT2D eigenvalue weighted by atomic mass is 16.5. The number of nitrogens with one attached hydrogen (secondary N) is 1. The summed E-state index contributed by atoms with van der Waals surface area (Å²) in [5, 5.41) is 31.3. The molecule has 0 aromatic carbocycles. The normalized spacial score (nSPS) is 38.4. The van der Waals surface area contributed by atoms with Gasteiger partial charge in [-0.15, -0.1) is 0 Å². The van der Waals surface area contributed by atoms with Gasteiger partial charge >= 0.3 is 5.97 Å². The van der Waals surface area contributed by atoms with Crippen LogP contribution in [0.1, 0.15) is 72.1 Å². The largest absolute Gasteiger partial charge is 0.462 e. The van der Waals surface area contributed by atoms with Crippen molar-refractivity contribution in [1.29, 1.82) is 0 Å². The number of aliphatic hydroxyl groups is 3. The van der Waals surface area contributed by atoms with E-state index in [4.69, 9.17) is 4.74 Å². The molecule has 34 heavy (non-hydrogen) atoms. The Morgan fingerprint density at radius 3 is 2.38 bits per heavy atom. The fraction of sp³-hybridized carbons (Fsp3) is 0.778. The molecule has 190 valence electrons. The Balaban J connectivity index is 1.52. The SMILES string of the molecule is CC(=O)O[C@H]1CC[C@@]2(C)C(=CC[C@@H]3[C@@H]2CC[C@]2(C)/C(=C\C(=O)NC(CO)(CO)CO)CC[C@@H]32)C1. The lowest BCUT2D eigenvalue weighted by Crippen LogP contribution is -2.56. The van der Waals surface area contributed by atoms with Crippen LogP contribution in [0.2, 0.25) is 0 Å². The van der Waals surface area contributed by atoms with E-state index in [0.717, 1.165) is 56.9 Å². The van der Waals surface area contributed by atoms with Crippen LogP contribution in [0.15, 0.2) is 23.3 Å². The van der Waals surface area contributed by atoms with Crippen molar-refractivity contribution >= 4 is 11.9 Å². The molecular formula is C27H41NO6. The van der Waals surface area contributed by atoms with Gasteiger partial charge in [0.2, 0.25) is 5.91 Å². The molecule has 0 heterocycles. The van der Waals surface area contributed by atoms with Crippen LogP contribution in [0, 0.1) is 28.6 Å². The maximum Gasteiger partial charge on any atom is 0.302 e. The van der Waals surface area contributed by atoms with Crippen molar-refractivity contribution in [1.82, 2.24) is 5.32 Å². The maximum atomic E-state index is 12.8. The van der Waals surface area contributed by atoms with Crippen LogP contribution in [0.5, 0.6) is 0 Å². The summed E-state index contributed by atoms with van der Waals surface area (Å²) in [6.45, 7) is 4.64. The number of hydrogen-bond donors (Lipinski definition) is 4. The number of amides is 1. The molecule has 7 heteroatoms. The van der Waals surface area contributed by atoms with Crippen molar-refractivity contribution in [2.75, 3.05) is 19.8 Å². The molecule has 0 aromatic rings. The molecule has 0 unspecified atom stereocenters. The van der Waals surface area contributed by atoms with Gasteiger partial charge in [-0.2, -0.15) is 0 Å². The van der Waals surface area contributed by atoms with Gasteiger partial charge in [-0.1, -0.05) is 31.1 Å².